The van der Waals surface area contributed by atoms with Gasteiger partial charge >= 0.3 is 6.36 Å². The van der Waals surface area contributed by atoms with E-state index in [9.17, 15) is 13.2 Å². The first kappa shape index (κ1) is 21.5. The Hall–Kier alpha value is -3.30. The third-order valence-corrected chi connectivity index (χ3v) is 6.23. The average molecular weight is 469 g/mol. The second-order valence-corrected chi connectivity index (χ2v) is 8.68. The van der Waals surface area contributed by atoms with Gasteiger partial charge in [0, 0.05) is 49.6 Å². The second-order valence-electron chi connectivity index (χ2n) is 7.73. The van der Waals surface area contributed by atoms with Crippen LogP contribution in [0.2, 0.25) is 0 Å². The van der Waals surface area contributed by atoms with Crippen LogP contribution >= 0.6 is 11.3 Å². The van der Waals surface area contributed by atoms with Gasteiger partial charge in [0.1, 0.15) is 5.75 Å². The van der Waals surface area contributed by atoms with Gasteiger partial charge in [-0.15, -0.1) is 24.5 Å². The smallest absolute Gasteiger partial charge is 0.406 e. The van der Waals surface area contributed by atoms with Crippen LogP contribution in [0.5, 0.6) is 5.75 Å². The number of hydrogen-bond donors (Lipinski definition) is 0. The number of hydrogen-bond acceptors (Lipinski definition) is 6. The molecule has 0 N–H and O–H groups in total. The van der Waals surface area contributed by atoms with Crippen LogP contribution in [0, 0.1) is 0 Å². The minimum absolute atomic E-state index is 0.250. The molecule has 168 valence electrons. The van der Waals surface area contributed by atoms with Crippen molar-refractivity contribution in [2.24, 2.45) is 0 Å². The fraction of sp³-hybridized carbons (Fsp3) is 0.208. The van der Waals surface area contributed by atoms with E-state index in [2.05, 4.69) is 19.6 Å². The molecule has 1 aliphatic heterocycles. The zero-order valence-electron chi connectivity index (χ0n) is 17.4. The quantitative estimate of drug-likeness (QED) is 0.375. The van der Waals surface area contributed by atoms with E-state index < -0.39 is 6.36 Å². The molecule has 5 rings (SSSR count). The predicted octanol–water partition coefficient (Wildman–Crippen LogP) is 5.72. The molecule has 0 spiro atoms. The normalized spacial score (nSPS) is 14.2. The number of aromatic nitrogens is 3. The Morgan fingerprint density at radius 3 is 2.55 bits per heavy atom. The molecule has 0 fully saturated rings. The zero-order valence-corrected chi connectivity index (χ0v) is 18.2. The van der Waals surface area contributed by atoms with E-state index >= 15 is 0 Å². The van der Waals surface area contributed by atoms with Crippen molar-refractivity contribution in [1.82, 2.24) is 19.9 Å². The SMILES string of the molecule is FC(F)(F)Oc1ccc(-c2ccc(CN3CCc4nc(-c5cccs5)ncc4C3)cn2)cc1. The minimum atomic E-state index is -4.70. The van der Waals surface area contributed by atoms with Crippen LogP contribution < -0.4 is 4.74 Å². The van der Waals surface area contributed by atoms with Crippen LogP contribution in [0.25, 0.3) is 22.0 Å². The summed E-state index contributed by atoms with van der Waals surface area (Å²) in [6.45, 7) is 2.43. The lowest BCUT2D eigenvalue weighted by Gasteiger charge is -2.28. The number of pyridine rings is 1. The number of benzene rings is 1. The summed E-state index contributed by atoms with van der Waals surface area (Å²) in [6, 6.07) is 13.6. The summed E-state index contributed by atoms with van der Waals surface area (Å²) in [5.74, 6) is 0.537. The summed E-state index contributed by atoms with van der Waals surface area (Å²) >= 11 is 1.64. The van der Waals surface area contributed by atoms with E-state index in [4.69, 9.17) is 4.98 Å². The van der Waals surface area contributed by atoms with Gasteiger partial charge < -0.3 is 4.74 Å². The van der Waals surface area contributed by atoms with E-state index in [0.29, 0.717) is 5.69 Å². The van der Waals surface area contributed by atoms with E-state index in [1.165, 1.54) is 12.1 Å². The van der Waals surface area contributed by atoms with Gasteiger partial charge in [-0.1, -0.05) is 12.1 Å². The maximum atomic E-state index is 12.3. The fourth-order valence-electron chi connectivity index (χ4n) is 3.81. The molecular weight excluding hydrogens is 449 g/mol. The monoisotopic (exact) mass is 468 g/mol. The summed E-state index contributed by atoms with van der Waals surface area (Å²) in [6.07, 6.45) is -0.0959. The molecule has 0 amide bonds. The summed E-state index contributed by atoms with van der Waals surface area (Å²) in [5, 5.41) is 2.02. The lowest BCUT2D eigenvalue weighted by Crippen LogP contribution is -2.31. The molecule has 4 aromatic rings. The molecule has 3 aromatic heterocycles. The first-order chi connectivity index (χ1) is 15.9. The van der Waals surface area contributed by atoms with E-state index in [0.717, 1.165) is 59.1 Å². The highest BCUT2D eigenvalue weighted by atomic mass is 32.1. The number of halogens is 3. The zero-order chi connectivity index (χ0) is 22.8. The highest BCUT2D eigenvalue weighted by Crippen LogP contribution is 2.27. The van der Waals surface area contributed by atoms with Crippen molar-refractivity contribution in [3.8, 4) is 27.7 Å². The number of fused-ring (bicyclic) bond motifs is 1. The van der Waals surface area contributed by atoms with E-state index in [-0.39, 0.29) is 5.75 Å². The second kappa shape index (κ2) is 8.92. The molecule has 0 saturated carbocycles. The van der Waals surface area contributed by atoms with Gasteiger partial charge in [0.25, 0.3) is 0 Å². The van der Waals surface area contributed by atoms with Crippen molar-refractivity contribution in [2.45, 2.75) is 25.9 Å². The topological polar surface area (TPSA) is 51.1 Å². The molecule has 9 heteroatoms. The first-order valence-corrected chi connectivity index (χ1v) is 11.2. The van der Waals surface area contributed by atoms with Crippen LogP contribution in [-0.2, 0) is 19.5 Å². The molecule has 0 aliphatic carbocycles. The first-order valence-electron chi connectivity index (χ1n) is 10.3. The Morgan fingerprint density at radius 2 is 1.85 bits per heavy atom. The molecule has 4 heterocycles. The van der Waals surface area contributed by atoms with Crippen molar-refractivity contribution in [3.63, 3.8) is 0 Å². The van der Waals surface area contributed by atoms with Crippen molar-refractivity contribution in [1.29, 1.82) is 0 Å². The maximum absolute atomic E-state index is 12.3. The molecule has 0 radical (unpaired) electrons. The van der Waals surface area contributed by atoms with Crippen LogP contribution in [0.3, 0.4) is 0 Å². The molecular formula is C24H19F3N4OS. The lowest BCUT2D eigenvalue weighted by atomic mass is 10.1. The minimum Gasteiger partial charge on any atom is -0.406 e. The standard InChI is InChI=1S/C24H19F3N4OS/c25-24(26,27)32-19-6-4-17(5-7-19)20-8-3-16(12-28-20)14-31-10-9-21-18(15-31)13-29-23(30-21)22-2-1-11-33-22/h1-8,11-13H,9-10,14-15H2. The summed E-state index contributed by atoms with van der Waals surface area (Å²) in [4.78, 5) is 17.2. The molecule has 33 heavy (non-hydrogen) atoms. The van der Waals surface area contributed by atoms with Crippen LogP contribution in [0.15, 0.2) is 66.3 Å². The molecule has 1 aromatic carbocycles. The summed E-state index contributed by atoms with van der Waals surface area (Å²) in [7, 11) is 0. The third-order valence-electron chi connectivity index (χ3n) is 5.37. The van der Waals surface area contributed by atoms with Gasteiger partial charge in [-0.25, -0.2) is 9.97 Å². The lowest BCUT2D eigenvalue weighted by molar-refractivity contribution is -0.274. The highest BCUT2D eigenvalue weighted by Gasteiger charge is 2.31. The number of thiophene rings is 1. The fourth-order valence-corrected chi connectivity index (χ4v) is 4.47. The number of alkyl halides is 3. The van der Waals surface area contributed by atoms with Gasteiger partial charge in [-0.3, -0.25) is 9.88 Å². The van der Waals surface area contributed by atoms with E-state index in [1.807, 2.05) is 35.8 Å². The summed E-state index contributed by atoms with van der Waals surface area (Å²) < 4.78 is 40.9. The summed E-state index contributed by atoms with van der Waals surface area (Å²) in [5.41, 5.74) is 4.73. The van der Waals surface area contributed by atoms with Crippen LogP contribution in [0.4, 0.5) is 13.2 Å². The van der Waals surface area contributed by atoms with Gasteiger partial charge in [0.15, 0.2) is 5.82 Å². The van der Waals surface area contributed by atoms with Crippen molar-refractivity contribution >= 4 is 11.3 Å². The molecule has 0 atom stereocenters. The molecule has 0 unspecified atom stereocenters. The van der Waals surface area contributed by atoms with Crippen molar-refractivity contribution in [3.05, 3.63) is 83.1 Å². The number of nitrogens with zero attached hydrogens (tertiary/aromatic N) is 4. The molecule has 1 aliphatic rings. The van der Waals surface area contributed by atoms with E-state index in [1.54, 1.807) is 29.7 Å². The average Bonchev–Trinajstić information content (AvgIpc) is 3.34. The van der Waals surface area contributed by atoms with Gasteiger partial charge in [-0.05, 0) is 47.3 Å². The van der Waals surface area contributed by atoms with Crippen LogP contribution in [0.1, 0.15) is 16.8 Å². The van der Waals surface area contributed by atoms with Crippen LogP contribution in [-0.4, -0.2) is 32.8 Å². The molecule has 0 saturated heterocycles. The van der Waals surface area contributed by atoms with Crippen molar-refractivity contribution in [2.75, 3.05) is 6.54 Å². The predicted molar refractivity (Wildman–Crippen MR) is 120 cm³/mol. The third kappa shape index (κ3) is 5.20. The maximum Gasteiger partial charge on any atom is 0.573 e. The Balaban J connectivity index is 1.22. The highest BCUT2D eigenvalue weighted by molar-refractivity contribution is 7.13. The molecule has 5 nitrogen and oxygen atoms in total. The van der Waals surface area contributed by atoms with Crippen molar-refractivity contribution < 1.29 is 17.9 Å². The van der Waals surface area contributed by atoms with Gasteiger partial charge in [0.05, 0.1) is 16.3 Å². The Morgan fingerprint density at radius 1 is 1.00 bits per heavy atom. The molecule has 0 bridgehead atoms. The Kier molecular flexibility index (Phi) is 5.82. The number of ether oxygens (including phenoxy) is 1. The Bertz CT molecular complexity index is 1230. The van der Waals surface area contributed by atoms with Gasteiger partial charge in [-0.2, -0.15) is 0 Å². The number of rotatable bonds is 5. The largest absolute Gasteiger partial charge is 0.573 e. The van der Waals surface area contributed by atoms with Gasteiger partial charge in [0.2, 0.25) is 0 Å². The Labute approximate surface area is 192 Å².